The molecule has 0 spiro atoms. The smallest absolute Gasteiger partial charge is 0.291 e. The van der Waals surface area contributed by atoms with Crippen LogP contribution in [-0.2, 0) is 0 Å². The van der Waals surface area contributed by atoms with Gasteiger partial charge in [0.15, 0.2) is 5.76 Å². The summed E-state index contributed by atoms with van der Waals surface area (Å²) in [4.78, 5) is 11.9. The number of nitrogens with one attached hydrogen (secondary N) is 1. The molecule has 2 rings (SSSR count). The normalized spacial score (nSPS) is 10.5. The first kappa shape index (κ1) is 13.2. The Bertz CT molecular complexity index is 559. The van der Waals surface area contributed by atoms with E-state index in [4.69, 9.17) is 9.15 Å². The van der Waals surface area contributed by atoms with E-state index in [0.717, 1.165) is 5.56 Å². The lowest BCUT2D eigenvalue weighted by atomic mass is 10.0. The van der Waals surface area contributed by atoms with Gasteiger partial charge in [-0.05, 0) is 35.7 Å². The topological polar surface area (TPSA) is 51.5 Å². The van der Waals surface area contributed by atoms with E-state index in [1.165, 1.54) is 6.26 Å². The maximum Gasteiger partial charge on any atom is 0.291 e. The molecule has 1 heterocycles. The van der Waals surface area contributed by atoms with Gasteiger partial charge in [0, 0.05) is 0 Å². The summed E-state index contributed by atoms with van der Waals surface area (Å²) in [6.07, 6.45) is 1.47. The Balaban J connectivity index is 2.23. The van der Waals surface area contributed by atoms with Crippen molar-refractivity contribution in [2.24, 2.45) is 0 Å². The number of carbonyl (C=O) groups is 1. The second-order valence-corrected chi connectivity index (χ2v) is 4.55. The van der Waals surface area contributed by atoms with Crippen LogP contribution in [0.1, 0.15) is 35.9 Å². The van der Waals surface area contributed by atoms with Crippen LogP contribution < -0.4 is 10.1 Å². The SMILES string of the molecule is COc1cc(C(C)C)ccc1NC(=O)c1ccco1. The maximum absolute atomic E-state index is 11.9. The van der Waals surface area contributed by atoms with Crippen molar-refractivity contribution >= 4 is 11.6 Å². The highest BCUT2D eigenvalue weighted by Crippen LogP contribution is 2.29. The first-order chi connectivity index (χ1) is 9.11. The molecule has 0 fully saturated rings. The van der Waals surface area contributed by atoms with Gasteiger partial charge >= 0.3 is 0 Å². The molecule has 4 nitrogen and oxygen atoms in total. The number of benzene rings is 1. The summed E-state index contributed by atoms with van der Waals surface area (Å²) in [5, 5.41) is 2.77. The van der Waals surface area contributed by atoms with Crippen molar-refractivity contribution in [3.05, 3.63) is 47.9 Å². The Kier molecular flexibility index (Phi) is 3.90. The van der Waals surface area contributed by atoms with E-state index in [-0.39, 0.29) is 11.7 Å². The van der Waals surface area contributed by atoms with Gasteiger partial charge in [0.1, 0.15) is 5.75 Å². The quantitative estimate of drug-likeness (QED) is 0.911. The first-order valence-corrected chi connectivity index (χ1v) is 6.14. The molecular weight excluding hydrogens is 242 g/mol. The molecule has 19 heavy (non-hydrogen) atoms. The molecule has 0 bridgehead atoms. The number of rotatable bonds is 4. The van der Waals surface area contributed by atoms with Crippen LogP contribution in [0.5, 0.6) is 5.75 Å². The van der Waals surface area contributed by atoms with Crippen molar-refractivity contribution in [2.75, 3.05) is 12.4 Å². The molecule has 1 aromatic heterocycles. The predicted molar refractivity (Wildman–Crippen MR) is 73.7 cm³/mol. The largest absolute Gasteiger partial charge is 0.495 e. The molecule has 2 aromatic rings. The van der Waals surface area contributed by atoms with Crippen LogP contribution >= 0.6 is 0 Å². The summed E-state index contributed by atoms with van der Waals surface area (Å²) in [6, 6.07) is 9.04. The Hall–Kier alpha value is -2.23. The molecule has 4 heteroatoms. The molecule has 0 aliphatic carbocycles. The van der Waals surface area contributed by atoms with Crippen molar-refractivity contribution in [3.8, 4) is 5.75 Å². The minimum absolute atomic E-state index is 0.273. The van der Waals surface area contributed by atoms with Crippen LogP contribution in [0.2, 0.25) is 0 Å². The van der Waals surface area contributed by atoms with Gasteiger partial charge in [-0.15, -0.1) is 0 Å². The predicted octanol–water partition coefficient (Wildman–Crippen LogP) is 3.66. The number of ether oxygens (including phenoxy) is 1. The monoisotopic (exact) mass is 259 g/mol. The third-order valence-corrected chi connectivity index (χ3v) is 2.89. The van der Waals surface area contributed by atoms with Gasteiger partial charge in [-0.2, -0.15) is 0 Å². The molecule has 0 aliphatic rings. The van der Waals surface area contributed by atoms with Crippen LogP contribution in [0.15, 0.2) is 41.0 Å². The zero-order chi connectivity index (χ0) is 13.8. The van der Waals surface area contributed by atoms with E-state index in [1.54, 1.807) is 19.2 Å². The number of anilines is 1. The Morgan fingerprint density at radius 3 is 2.68 bits per heavy atom. The third-order valence-electron chi connectivity index (χ3n) is 2.89. The summed E-state index contributed by atoms with van der Waals surface area (Å²) in [5.41, 5.74) is 1.79. The fraction of sp³-hybridized carbons (Fsp3) is 0.267. The average molecular weight is 259 g/mol. The zero-order valence-electron chi connectivity index (χ0n) is 11.3. The van der Waals surface area contributed by atoms with Crippen molar-refractivity contribution in [1.29, 1.82) is 0 Å². The lowest BCUT2D eigenvalue weighted by Crippen LogP contribution is -2.11. The van der Waals surface area contributed by atoms with E-state index in [2.05, 4.69) is 19.2 Å². The van der Waals surface area contributed by atoms with Crippen LogP contribution in [0.3, 0.4) is 0 Å². The molecule has 0 atom stereocenters. The lowest BCUT2D eigenvalue weighted by Gasteiger charge is -2.12. The summed E-state index contributed by atoms with van der Waals surface area (Å²) in [5.74, 6) is 1.03. The molecule has 0 aliphatic heterocycles. The van der Waals surface area contributed by atoms with Crippen molar-refractivity contribution in [2.45, 2.75) is 19.8 Å². The minimum atomic E-state index is -0.291. The maximum atomic E-state index is 11.9. The number of methoxy groups -OCH3 is 1. The fourth-order valence-corrected chi connectivity index (χ4v) is 1.76. The third kappa shape index (κ3) is 2.96. The Morgan fingerprint density at radius 1 is 1.32 bits per heavy atom. The molecule has 0 saturated carbocycles. The molecule has 1 N–H and O–H groups in total. The van der Waals surface area contributed by atoms with Crippen molar-refractivity contribution < 1.29 is 13.9 Å². The van der Waals surface area contributed by atoms with Gasteiger partial charge in [0.2, 0.25) is 0 Å². The van der Waals surface area contributed by atoms with Crippen LogP contribution in [0, 0.1) is 0 Å². The van der Waals surface area contributed by atoms with E-state index < -0.39 is 0 Å². The molecule has 100 valence electrons. The van der Waals surface area contributed by atoms with Gasteiger partial charge in [0.05, 0.1) is 19.1 Å². The van der Waals surface area contributed by atoms with Crippen molar-refractivity contribution in [3.63, 3.8) is 0 Å². The van der Waals surface area contributed by atoms with E-state index in [9.17, 15) is 4.79 Å². The van der Waals surface area contributed by atoms with E-state index in [1.807, 2.05) is 18.2 Å². The first-order valence-electron chi connectivity index (χ1n) is 6.14. The van der Waals surface area contributed by atoms with Gasteiger partial charge < -0.3 is 14.5 Å². The highest BCUT2D eigenvalue weighted by molar-refractivity contribution is 6.03. The summed E-state index contributed by atoms with van der Waals surface area (Å²) in [7, 11) is 1.59. The average Bonchev–Trinajstić information content (AvgIpc) is 2.92. The number of furan rings is 1. The van der Waals surface area contributed by atoms with E-state index >= 15 is 0 Å². The standard InChI is InChI=1S/C15H17NO3/c1-10(2)11-6-7-12(14(9-11)18-3)16-15(17)13-5-4-8-19-13/h4-10H,1-3H3,(H,16,17). The Morgan fingerprint density at radius 2 is 2.11 bits per heavy atom. The van der Waals surface area contributed by atoms with Crippen LogP contribution in [0.25, 0.3) is 0 Å². The van der Waals surface area contributed by atoms with Gasteiger partial charge in [-0.25, -0.2) is 0 Å². The van der Waals surface area contributed by atoms with Gasteiger partial charge in [0.25, 0.3) is 5.91 Å². The second kappa shape index (κ2) is 5.61. The molecule has 0 unspecified atom stereocenters. The molecule has 1 aromatic carbocycles. The van der Waals surface area contributed by atoms with Crippen LogP contribution in [0.4, 0.5) is 5.69 Å². The molecule has 0 radical (unpaired) electrons. The highest BCUT2D eigenvalue weighted by Gasteiger charge is 2.13. The van der Waals surface area contributed by atoms with Gasteiger partial charge in [-0.1, -0.05) is 19.9 Å². The number of hydrogen-bond acceptors (Lipinski definition) is 3. The van der Waals surface area contributed by atoms with E-state index in [0.29, 0.717) is 17.4 Å². The zero-order valence-corrected chi connectivity index (χ0v) is 11.3. The number of carbonyl (C=O) groups excluding carboxylic acids is 1. The van der Waals surface area contributed by atoms with Crippen LogP contribution in [-0.4, -0.2) is 13.0 Å². The molecule has 1 amide bonds. The highest BCUT2D eigenvalue weighted by atomic mass is 16.5. The summed E-state index contributed by atoms with van der Waals surface area (Å²) >= 11 is 0. The Labute approximate surface area is 112 Å². The molecular formula is C15H17NO3. The number of amides is 1. The summed E-state index contributed by atoms with van der Waals surface area (Å²) < 4.78 is 10.4. The van der Waals surface area contributed by atoms with Gasteiger partial charge in [-0.3, -0.25) is 4.79 Å². The van der Waals surface area contributed by atoms with Crippen molar-refractivity contribution in [1.82, 2.24) is 0 Å². The summed E-state index contributed by atoms with van der Waals surface area (Å²) in [6.45, 7) is 4.21. The fourth-order valence-electron chi connectivity index (χ4n) is 1.76. The minimum Gasteiger partial charge on any atom is -0.495 e. The molecule has 0 saturated heterocycles. The lowest BCUT2D eigenvalue weighted by molar-refractivity contribution is 0.0996. The number of hydrogen-bond donors (Lipinski definition) is 1. The second-order valence-electron chi connectivity index (χ2n) is 4.55.